The maximum absolute atomic E-state index is 14.9. The Morgan fingerprint density at radius 1 is 1.02 bits per heavy atom. The lowest BCUT2D eigenvalue weighted by atomic mass is 9.91. The maximum Gasteiger partial charge on any atom is 0.416 e. The Kier molecular flexibility index (Phi) is 16.4. The van der Waals surface area contributed by atoms with Gasteiger partial charge in [-0.1, -0.05) is 45.0 Å². The molecule has 0 radical (unpaired) electrons. The van der Waals surface area contributed by atoms with Crippen LogP contribution in [0.15, 0.2) is 59.1 Å². The molecule has 2 heterocycles. The van der Waals surface area contributed by atoms with Gasteiger partial charge in [-0.15, -0.1) is 0 Å². The Morgan fingerprint density at radius 3 is 2.06 bits per heavy atom. The molecule has 2 aromatic rings. The number of primary amides is 1. The maximum atomic E-state index is 14.9. The van der Waals surface area contributed by atoms with Crippen LogP contribution in [0, 0.1) is 32.6 Å². The van der Waals surface area contributed by atoms with Crippen molar-refractivity contribution < 1.29 is 49.4 Å². The number of allylic oxidation sites excluding steroid dienone is 5. The molecule has 0 aliphatic carbocycles. The molecule has 0 saturated carbocycles. The molecule has 1 aliphatic heterocycles. The quantitative estimate of drug-likeness (QED) is 0.118. The molecule has 1 amide bonds. The third kappa shape index (κ3) is 13.2. The van der Waals surface area contributed by atoms with Crippen LogP contribution in [0.4, 0.5) is 35.1 Å². The third-order valence-electron chi connectivity index (χ3n) is 8.62. The standard InChI is InChI=1S/C21H23F5O2.C18H26F3N3O2/c1-6-28-18(27)8-7-17(22)20(23)16(11-15(5)21(24,25)26)19-13(3)9-12(2)10-14(19)4;1-11(2)6-15(17(22)26)24-10-13(4-5-23-8-12(3)9-23)14(7-16(24)25)18(19,20)21/h9-11H,5-8H2,1-4H3;7,10-12,15H,4-6,8-9H2,1-3H3,(H2,22,26)/b16-11-,20-17+;. The normalized spacial score (nSPS) is 15.2. The number of hydrogen-bond donors (Lipinski definition) is 1. The van der Waals surface area contributed by atoms with Crippen molar-refractivity contribution in [2.24, 2.45) is 17.6 Å². The molecule has 300 valence electrons. The van der Waals surface area contributed by atoms with Crippen molar-refractivity contribution in [2.75, 3.05) is 26.2 Å². The summed E-state index contributed by atoms with van der Waals surface area (Å²) in [5, 5.41) is 0. The average Bonchev–Trinajstić information content (AvgIpc) is 3.02. The Hall–Kier alpha value is -4.27. The fourth-order valence-corrected chi connectivity index (χ4v) is 6.21. The summed E-state index contributed by atoms with van der Waals surface area (Å²) in [7, 11) is 0. The molecule has 0 bridgehead atoms. The van der Waals surface area contributed by atoms with E-state index in [4.69, 9.17) is 5.73 Å². The van der Waals surface area contributed by atoms with E-state index < -0.39 is 77.0 Å². The van der Waals surface area contributed by atoms with Crippen LogP contribution in [0.5, 0.6) is 0 Å². The van der Waals surface area contributed by atoms with E-state index in [1.165, 1.54) is 6.20 Å². The van der Waals surface area contributed by atoms with E-state index in [0.29, 0.717) is 42.2 Å². The number of ether oxygens (including phenoxy) is 1. The molecule has 1 saturated heterocycles. The minimum atomic E-state index is -4.79. The molecule has 0 spiro atoms. The van der Waals surface area contributed by atoms with Gasteiger partial charge in [0.1, 0.15) is 11.9 Å². The number of carbonyl (C=O) groups excluding carboxylic acids is 2. The van der Waals surface area contributed by atoms with Crippen LogP contribution in [0.2, 0.25) is 0 Å². The minimum absolute atomic E-state index is 0.0201. The van der Waals surface area contributed by atoms with Gasteiger partial charge in [-0.05, 0) is 80.7 Å². The summed E-state index contributed by atoms with van der Waals surface area (Å²) < 4.78 is 114. The molecule has 3 rings (SSSR count). The summed E-state index contributed by atoms with van der Waals surface area (Å²) in [5.74, 6) is -3.61. The van der Waals surface area contributed by atoms with Crippen LogP contribution in [-0.4, -0.2) is 53.8 Å². The first-order chi connectivity index (χ1) is 24.9. The zero-order valence-corrected chi connectivity index (χ0v) is 31.6. The number of aryl methyl sites for hydroxylation is 3. The minimum Gasteiger partial charge on any atom is -0.466 e. The van der Waals surface area contributed by atoms with E-state index in [2.05, 4.69) is 23.1 Å². The monoisotopic (exact) mass is 775 g/mol. The van der Waals surface area contributed by atoms with Crippen LogP contribution >= 0.6 is 0 Å². The number of benzene rings is 1. The summed E-state index contributed by atoms with van der Waals surface area (Å²) >= 11 is 0. The summed E-state index contributed by atoms with van der Waals surface area (Å²) in [6.45, 7) is 17.6. The predicted octanol–water partition coefficient (Wildman–Crippen LogP) is 9.04. The zero-order chi connectivity index (χ0) is 41.3. The smallest absolute Gasteiger partial charge is 0.416 e. The van der Waals surface area contributed by atoms with E-state index >= 15 is 0 Å². The number of rotatable bonds is 14. The van der Waals surface area contributed by atoms with Crippen molar-refractivity contribution in [2.45, 2.75) is 92.5 Å². The summed E-state index contributed by atoms with van der Waals surface area (Å²) in [6.07, 6.45) is -8.33. The fraction of sp³-hybridized carbons (Fsp3) is 0.513. The molecule has 7 nitrogen and oxygen atoms in total. The van der Waals surface area contributed by atoms with Crippen LogP contribution in [0.25, 0.3) is 5.57 Å². The van der Waals surface area contributed by atoms with Crippen molar-refractivity contribution in [3.8, 4) is 0 Å². The molecular formula is C39H49F8N3O4. The van der Waals surface area contributed by atoms with E-state index in [1.807, 2.05) is 13.8 Å². The zero-order valence-electron chi connectivity index (χ0n) is 31.6. The lowest BCUT2D eigenvalue weighted by molar-refractivity contribution is -0.143. The van der Waals surface area contributed by atoms with Crippen LogP contribution < -0.4 is 11.3 Å². The van der Waals surface area contributed by atoms with Gasteiger partial charge >= 0.3 is 18.3 Å². The van der Waals surface area contributed by atoms with E-state index in [9.17, 15) is 49.5 Å². The molecule has 1 aromatic carbocycles. The van der Waals surface area contributed by atoms with Crippen molar-refractivity contribution in [1.29, 1.82) is 0 Å². The number of hydrogen-bond acceptors (Lipinski definition) is 5. The summed E-state index contributed by atoms with van der Waals surface area (Å²) in [6, 6.07) is 2.96. The first-order valence-corrected chi connectivity index (χ1v) is 17.5. The third-order valence-corrected chi connectivity index (χ3v) is 8.62. The topological polar surface area (TPSA) is 94.6 Å². The Bertz CT molecular complexity index is 1760. The number of nitrogens with two attached hydrogens (primary N) is 1. The Labute approximate surface area is 310 Å². The van der Waals surface area contributed by atoms with Crippen molar-refractivity contribution in [3.63, 3.8) is 0 Å². The highest BCUT2D eigenvalue weighted by Gasteiger charge is 2.36. The Balaban J connectivity index is 0.000000374. The number of alkyl halides is 6. The van der Waals surface area contributed by atoms with Crippen LogP contribution in [0.1, 0.15) is 86.4 Å². The lowest BCUT2D eigenvalue weighted by Gasteiger charge is -2.37. The predicted molar refractivity (Wildman–Crippen MR) is 192 cm³/mol. The van der Waals surface area contributed by atoms with Gasteiger partial charge < -0.3 is 19.9 Å². The lowest BCUT2D eigenvalue weighted by Crippen LogP contribution is -2.46. The van der Waals surface area contributed by atoms with Gasteiger partial charge in [0.25, 0.3) is 5.56 Å². The number of carbonyl (C=O) groups is 2. The molecule has 1 atom stereocenters. The van der Waals surface area contributed by atoms with Gasteiger partial charge in [-0.2, -0.15) is 26.3 Å². The summed E-state index contributed by atoms with van der Waals surface area (Å²) in [5.41, 5.74) is 3.73. The second-order valence-corrected chi connectivity index (χ2v) is 14.0. The summed E-state index contributed by atoms with van der Waals surface area (Å²) in [4.78, 5) is 37.5. The van der Waals surface area contributed by atoms with Gasteiger partial charge in [-0.25, -0.2) is 8.78 Å². The average molecular weight is 776 g/mol. The highest BCUT2D eigenvalue weighted by atomic mass is 19.4. The number of aromatic nitrogens is 1. The van der Waals surface area contributed by atoms with Gasteiger partial charge in [0.05, 0.1) is 18.6 Å². The number of amides is 1. The molecule has 54 heavy (non-hydrogen) atoms. The highest BCUT2D eigenvalue weighted by Crippen LogP contribution is 2.37. The highest BCUT2D eigenvalue weighted by molar-refractivity contribution is 5.83. The fourth-order valence-electron chi connectivity index (χ4n) is 6.21. The first kappa shape index (κ1) is 45.9. The van der Waals surface area contributed by atoms with Crippen LogP contribution in [0.3, 0.4) is 0 Å². The number of esters is 1. The van der Waals surface area contributed by atoms with E-state index in [1.54, 1.807) is 39.8 Å². The van der Waals surface area contributed by atoms with Gasteiger partial charge in [-0.3, -0.25) is 14.4 Å². The number of likely N-dealkylation sites (tertiary alicyclic amines) is 1. The molecule has 2 N–H and O–H groups in total. The molecule has 1 fully saturated rings. The van der Waals surface area contributed by atoms with Gasteiger partial charge in [0.15, 0.2) is 5.83 Å². The SMILES string of the molecule is C=C(/C=C(\C(F)=C(/F)CCC(=O)OCC)c1c(C)cc(C)cc1C)C(F)(F)F.CC(C)CC(C(N)=O)n1cc(CCN2CC(C)C2)c(C(F)(F)F)cc1=O. The second-order valence-electron chi connectivity index (χ2n) is 14.0. The number of nitrogens with zero attached hydrogens (tertiary/aromatic N) is 2. The molecular weight excluding hydrogens is 726 g/mol. The van der Waals surface area contributed by atoms with E-state index in [-0.39, 0.29) is 30.1 Å². The van der Waals surface area contributed by atoms with E-state index in [0.717, 1.165) is 23.2 Å². The molecule has 1 unspecified atom stereocenters. The van der Waals surface area contributed by atoms with Gasteiger partial charge in [0, 0.05) is 49.5 Å². The second kappa shape index (κ2) is 19.4. The number of pyridine rings is 1. The first-order valence-electron chi connectivity index (χ1n) is 17.5. The molecule has 1 aliphatic rings. The Morgan fingerprint density at radius 2 is 1.59 bits per heavy atom. The van der Waals surface area contributed by atoms with Crippen LogP contribution in [-0.2, 0) is 26.9 Å². The van der Waals surface area contributed by atoms with Crippen molar-refractivity contribution >= 4 is 17.4 Å². The molecule has 1 aromatic heterocycles. The van der Waals surface area contributed by atoms with Gasteiger partial charge in [0.2, 0.25) is 5.91 Å². The largest absolute Gasteiger partial charge is 0.466 e. The number of halogens is 8. The van der Waals surface area contributed by atoms with Crippen molar-refractivity contribution in [3.05, 3.63) is 98.0 Å². The molecule has 15 heteroatoms. The van der Waals surface area contributed by atoms with Crippen molar-refractivity contribution in [1.82, 2.24) is 9.47 Å².